The van der Waals surface area contributed by atoms with Crippen LogP contribution in [0.25, 0.3) is 0 Å². The molecule has 0 spiro atoms. The van der Waals surface area contributed by atoms with Crippen molar-refractivity contribution in [3.63, 3.8) is 0 Å². The van der Waals surface area contributed by atoms with E-state index in [0.717, 1.165) is 30.1 Å². The molecule has 1 aromatic rings. The Balaban J connectivity index is 1.73. The van der Waals surface area contributed by atoms with Crippen LogP contribution in [0.3, 0.4) is 0 Å². The normalized spacial score (nSPS) is 20.5. The molecule has 1 aliphatic rings. The molecule has 1 aromatic heterocycles. The van der Waals surface area contributed by atoms with Crippen LogP contribution in [0.1, 0.15) is 29.6 Å². The SMILES string of the molecule is FC(F)(F)COCCc1nc([C@@H]2CCCN2)cs1. The van der Waals surface area contributed by atoms with Crippen molar-refractivity contribution in [1.29, 1.82) is 0 Å². The van der Waals surface area contributed by atoms with Gasteiger partial charge >= 0.3 is 6.18 Å². The maximum absolute atomic E-state index is 11.8. The summed E-state index contributed by atoms with van der Waals surface area (Å²) in [5, 5.41) is 6.15. The van der Waals surface area contributed by atoms with Crippen LogP contribution in [0.2, 0.25) is 0 Å². The summed E-state index contributed by atoms with van der Waals surface area (Å²) in [6.45, 7) is -0.119. The number of alkyl halides is 3. The van der Waals surface area contributed by atoms with E-state index in [-0.39, 0.29) is 6.61 Å². The van der Waals surface area contributed by atoms with E-state index in [1.807, 2.05) is 5.38 Å². The molecule has 1 aliphatic heterocycles. The lowest BCUT2D eigenvalue weighted by Gasteiger charge is -2.06. The third-order valence-electron chi connectivity index (χ3n) is 2.71. The van der Waals surface area contributed by atoms with Crippen LogP contribution in [-0.2, 0) is 11.2 Å². The fourth-order valence-electron chi connectivity index (χ4n) is 1.88. The molecule has 3 nitrogen and oxygen atoms in total. The summed E-state index contributed by atoms with van der Waals surface area (Å²) in [5.74, 6) is 0. The zero-order valence-electron chi connectivity index (χ0n) is 9.79. The fourth-order valence-corrected chi connectivity index (χ4v) is 2.72. The van der Waals surface area contributed by atoms with Gasteiger partial charge in [-0.15, -0.1) is 11.3 Å². The number of halogens is 3. The summed E-state index contributed by atoms with van der Waals surface area (Å²) in [4.78, 5) is 4.42. The molecule has 1 atom stereocenters. The Labute approximate surface area is 107 Å². The first-order valence-electron chi connectivity index (χ1n) is 5.87. The molecule has 0 amide bonds. The highest BCUT2D eigenvalue weighted by Crippen LogP contribution is 2.24. The van der Waals surface area contributed by atoms with Crippen molar-refractivity contribution in [2.24, 2.45) is 0 Å². The Morgan fingerprint density at radius 3 is 3.00 bits per heavy atom. The predicted molar refractivity (Wildman–Crippen MR) is 62.7 cm³/mol. The van der Waals surface area contributed by atoms with Crippen LogP contribution in [-0.4, -0.2) is 30.9 Å². The van der Waals surface area contributed by atoms with Gasteiger partial charge in [-0.25, -0.2) is 4.98 Å². The molecule has 102 valence electrons. The van der Waals surface area contributed by atoms with Crippen LogP contribution in [0.15, 0.2) is 5.38 Å². The average molecular weight is 280 g/mol. The Hall–Kier alpha value is -0.660. The van der Waals surface area contributed by atoms with Gasteiger partial charge in [0.05, 0.1) is 23.4 Å². The minimum atomic E-state index is -4.25. The maximum Gasteiger partial charge on any atom is 0.411 e. The zero-order chi connectivity index (χ0) is 13.0. The van der Waals surface area contributed by atoms with E-state index in [0.29, 0.717) is 12.5 Å². The summed E-state index contributed by atoms with van der Waals surface area (Å²) in [7, 11) is 0. The molecule has 0 bridgehead atoms. The smallest absolute Gasteiger partial charge is 0.372 e. The lowest BCUT2D eigenvalue weighted by Crippen LogP contribution is -2.18. The zero-order valence-corrected chi connectivity index (χ0v) is 10.6. The number of aromatic nitrogens is 1. The van der Waals surface area contributed by atoms with Crippen molar-refractivity contribution in [1.82, 2.24) is 10.3 Å². The van der Waals surface area contributed by atoms with Crippen LogP contribution < -0.4 is 5.32 Å². The maximum atomic E-state index is 11.8. The van der Waals surface area contributed by atoms with Gasteiger partial charge < -0.3 is 10.1 Å². The van der Waals surface area contributed by atoms with Gasteiger partial charge in [-0.05, 0) is 19.4 Å². The van der Waals surface area contributed by atoms with Gasteiger partial charge in [-0.3, -0.25) is 0 Å². The molecule has 7 heteroatoms. The summed E-state index contributed by atoms with van der Waals surface area (Å²) >= 11 is 1.48. The second kappa shape index (κ2) is 5.99. The lowest BCUT2D eigenvalue weighted by molar-refractivity contribution is -0.173. The molecule has 0 saturated carbocycles. The number of hydrogen-bond donors (Lipinski definition) is 1. The van der Waals surface area contributed by atoms with Crippen molar-refractivity contribution >= 4 is 11.3 Å². The Bertz CT molecular complexity index is 375. The highest BCUT2D eigenvalue weighted by Gasteiger charge is 2.27. The minimum absolute atomic E-state index is 0.0601. The molecule has 0 unspecified atom stereocenters. The van der Waals surface area contributed by atoms with Gasteiger partial charge in [0.2, 0.25) is 0 Å². The molecule has 2 rings (SSSR count). The van der Waals surface area contributed by atoms with Gasteiger partial charge in [0.1, 0.15) is 6.61 Å². The topological polar surface area (TPSA) is 34.1 Å². The average Bonchev–Trinajstić information content (AvgIpc) is 2.93. The molecular weight excluding hydrogens is 265 g/mol. The molecular formula is C11H15F3N2OS. The lowest BCUT2D eigenvalue weighted by atomic mass is 10.2. The number of nitrogens with one attached hydrogen (secondary N) is 1. The van der Waals surface area contributed by atoms with E-state index in [2.05, 4.69) is 15.0 Å². The van der Waals surface area contributed by atoms with Crippen LogP contribution in [0.5, 0.6) is 0 Å². The summed E-state index contributed by atoms with van der Waals surface area (Å²) < 4.78 is 40.1. The largest absolute Gasteiger partial charge is 0.411 e. The monoisotopic (exact) mass is 280 g/mol. The molecule has 0 aromatic carbocycles. The van der Waals surface area contributed by atoms with E-state index in [9.17, 15) is 13.2 Å². The van der Waals surface area contributed by atoms with Crippen molar-refractivity contribution in [3.8, 4) is 0 Å². The van der Waals surface area contributed by atoms with Crippen LogP contribution in [0, 0.1) is 0 Å². The Morgan fingerprint density at radius 2 is 2.33 bits per heavy atom. The minimum Gasteiger partial charge on any atom is -0.372 e. The van der Waals surface area contributed by atoms with Crippen LogP contribution in [0.4, 0.5) is 13.2 Å². The first-order chi connectivity index (χ1) is 8.54. The van der Waals surface area contributed by atoms with Crippen molar-refractivity contribution < 1.29 is 17.9 Å². The first-order valence-corrected chi connectivity index (χ1v) is 6.75. The summed E-state index contributed by atoms with van der Waals surface area (Å²) in [5.41, 5.74) is 1.00. The molecule has 18 heavy (non-hydrogen) atoms. The second-order valence-electron chi connectivity index (χ2n) is 4.23. The van der Waals surface area contributed by atoms with E-state index in [1.165, 1.54) is 11.3 Å². The third-order valence-corrected chi connectivity index (χ3v) is 3.64. The molecule has 2 heterocycles. The van der Waals surface area contributed by atoms with Crippen molar-refractivity contribution in [2.45, 2.75) is 31.5 Å². The van der Waals surface area contributed by atoms with E-state index in [1.54, 1.807) is 0 Å². The molecule has 0 radical (unpaired) electrons. The second-order valence-corrected chi connectivity index (χ2v) is 5.18. The molecule has 1 N–H and O–H groups in total. The quantitative estimate of drug-likeness (QED) is 0.842. The highest BCUT2D eigenvalue weighted by molar-refractivity contribution is 7.09. The fraction of sp³-hybridized carbons (Fsp3) is 0.727. The van der Waals surface area contributed by atoms with Gasteiger partial charge in [0, 0.05) is 11.8 Å². The van der Waals surface area contributed by atoms with Gasteiger partial charge in [-0.1, -0.05) is 0 Å². The standard InChI is InChI=1S/C11H15F3N2OS/c12-11(13,14)7-17-5-3-10-16-9(6-18-10)8-2-1-4-15-8/h6,8,15H,1-5,7H2/t8-/m0/s1. The molecule has 1 saturated heterocycles. The van der Waals surface area contributed by atoms with Crippen LogP contribution >= 0.6 is 11.3 Å². The molecule has 0 aliphatic carbocycles. The summed E-state index contributed by atoms with van der Waals surface area (Å²) in [6, 6.07) is 0.311. The number of nitrogens with zero attached hydrogens (tertiary/aromatic N) is 1. The number of thiazole rings is 1. The third kappa shape index (κ3) is 4.22. The number of rotatable bonds is 5. The Morgan fingerprint density at radius 1 is 1.50 bits per heavy atom. The highest BCUT2D eigenvalue weighted by atomic mass is 32.1. The number of ether oxygens (including phenoxy) is 1. The van der Waals surface area contributed by atoms with E-state index < -0.39 is 12.8 Å². The summed E-state index contributed by atoms with van der Waals surface area (Å²) in [6.07, 6.45) is -1.59. The van der Waals surface area contributed by atoms with Crippen molar-refractivity contribution in [3.05, 3.63) is 16.1 Å². The number of hydrogen-bond acceptors (Lipinski definition) is 4. The van der Waals surface area contributed by atoms with Gasteiger partial charge in [0.25, 0.3) is 0 Å². The van der Waals surface area contributed by atoms with Crippen molar-refractivity contribution in [2.75, 3.05) is 19.8 Å². The van der Waals surface area contributed by atoms with E-state index in [4.69, 9.17) is 0 Å². The van der Waals surface area contributed by atoms with E-state index >= 15 is 0 Å². The van der Waals surface area contributed by atoms with Gasteiger partial charge in [0.15, 0.2) is 0 Å². The predicted octanol–water partition coefficient (Wildman–Crippen LogP) is 2.69. The first kappa shape index (κ1) is 13.8. The Kier molecular flexibility index (Phi) is 4.58. The van der Waals surface area contributed by atoms with Gasteiger partial charge in [-0.2, -0.15) is 13.2 Å². The molecule has 1 fully saturated rings.